The number of hydrogen-bond acceptors (Lipinski definition) is 4. The Hall–Kier alpha value is -3.41. The minimum Gasteiger partial charge on any atom is -0.444 e. The van der Waals surface area contributed by atoms with Gasteiger partial charge < -0.3 is 15.8 Å². The third-order valence-corrected chi connectivity index (χ3v) is 6.12. The summed E-state index contributed by atoms with van der Waals surface area (Å²) in [5.41, 5.74) is 12.2. The van der Waals surface area contributed by atoms with Crippen molar-refractivity contribution >= 4 is 22.9 Å². The first-order chi connectivity index (χ1) is 17.4. The fraction of sp³-hybridized carbons (Fsp3) is 0.452. The molecule has 2 aromatic carbocycles. The number of unbranched alkanes of at least 4 members (excludes halogenated alkanes) is 1. The fourth-order valence-corrected chi connectivity index (χ4v) is 4.46. The van der Waals surface area contributed by atoms with E-state index in [4.69, 9.17) is 15.5 Å². The van der Waals surface area contributed by atoms with Crippen molar-refractivity contribution in [3.8, 4) is 11.1 Å². The first kappa shape index (κ1) is 28.2. The van der Waals surface area contributed by atoms with Crippen LogP contribution in [0.4, 0.5) is 4.79 Å². The van der Waals surface area contributed by atoms with Gasteiger partial charge in [-0.25, -0.2) is 4.79 Å². The van der Waals surface area contributed by atoms with Crippen LogP contribution in [0.15, 0.2) is 42.5 Å². The van der Waals surface area contributed by atoms with Crippen molar-refractivity contribution in [1.82, 2.24) is 10.3 Å². The standard InChI is InChI=1S/C31H41N3O3/c1-20(2)17-27-25(19-33-30(36)37-31(4,5)6)29(23-14-11-21(3)12-15-23)24-18-22(13-16-26(24)34-27)9-7-8-10-28(32)35/h11-16,18,20H,7-10,17,19H2,1-6H3,(H2,32,35)(H,33,36). The minimum absolute atomic E-state index is 0.260. The number of ether oxygens (including phenoxy) is 1. The van der Waals surface area contributed by atoms with Crippen molar-refractivity contribution in [1.29, 1.82) is 0 Å². The van der Waals surface area contributed by atoms with E-state index in [1.807, 2.05) is 20.8 Å². The maximum absolute atomic E-state index is 12.6. The summed E-state index contributed by atoms with van der Waals surface area (Å²) >= 11 is 0. The number of aromatic nitrogens is 1. The van der Waals surface area contributed by atoms with Crippen LogP contribution in [0.2, 0.25) is 0 Å². The third kappa shape index (κ3) is 8.31. The summed E-state index contributed by atoms with van der Waals surface area (Å²) in [4.78, 5) is 28.8. The van der Waals surface area contributed by atoms with E-state index in [1.54, 1.807) is 0 Å². The maximum Gasteiger partial charge on any atom is 0.407 e. The molecule has 0 spiro atoms. The molecule has 0 saturated carbocycles. The lowest BCUT2D eigenvalue weighted by molar-refractivity contribution is -0.118. The number of nitrogens with zero attached hydrogens (tertiary/aromatic N) is 1. The van der Waals surface area contributed by atoms with Crippen molar-refractivity contribution in [2.75, 3.05) is 0 Å². The van der Waals surface area contributed by atoms with Crippen LogP contribution < -0.4 is 11.1 Å². The molecule has 0 bridgehead atoms. The van der Waals surface area contributed by atoms with Gasteiger partial charge in [-0.1, -0.05) is 49.7 Å². The molecule has 0 aliphatic rings. The van der Waals surface area contributed by atoms with Gasteiger partial charge in [0.15, 0.2) is 0 Å². The minimum atomic E-state index is -0.574. The Bertz CT molecular complexity index is 1240. The van der Waals surface area contributed by atoms with Crippen molar-refractivity contribution in [3.63, 3.8) is 0 Å². The Morgan fingerprint density at radius 3 is 2.38 bits per heavy atom. The van der Waals surface area contributed by atoms with Gasteiger partial charge in [-0.05, 0) is 88.1 Å². The van der Waals surface area contributed by atoms with Crippen LogP contribution in [0, 0.1) is 12.8 Å². The summed E-state index contributed by atoms with van der Waals surface area (Å²) in [6.45, 7) is 12.3. The Morgan fingerprint density at radius 1 is 1.05 bits per heavy atom. The van der Waals surface area contributed by atoms with Crippen LogP contribution in [-0.4, -0.2) is 22.6 Å². The molecule has 1 heterocycles. The number of nitrogens with two attached hydrogens (primary N) is 1. The van der Waals surface area contributed by atoms with Gasteiger partial charge in [0.2, 0.25) is 5.91 Å². The summed E-state index contributed by atoms with van der Waals surface area (Å²) in [6, 6.07) is 14.9. The van der Waals surface area contributed by atoms with Crippen LogP contribution in [0.5, 0.6) is 0 Å². The number of fused-ring (bicyclic) bond motifs is 1. The second kappa shape index (κ2) is 12.2. The van der Waals surface area contributed by atoms with Gasteiger partial charge in [0.05, 0.1) is 5.52 Å². The highest BCUT2D eigenvalue weighted by Gasteiger charge is 2.21. The quantitative estimate of drug-likeness (QED) is 0.304. The second-order valence-electron chi connectivity index (χ2n) is 11.3. The predicted molar refractivity (Wildman–Crippen MR) is 150 cm³/mol. The van der Waals surface area contributed by atoms with Gasteiger partial charge in [-0.3, -0.25) is 9.78 Å². The van der Waals surface area contributed by atoms with E-state index in [-0.39, 0.29) is 5.91 Å². The molecule has 6 nitrogen and oxygen atoms in total. The Labute approximate surface area is 221 Å². The van der Waals surface area contributed by atoms with Crippen LogP contribution in [0.1, 0.15) is 76.3 Å². The lowest BCUT2D eigenvalue weighted by Crippen LogP contribution is -2.32. The summed E-state index contributed by atoms with van der Waals surface area (Å²) in [6.07, 6.45) is 3.28. The van der Waals surface area contributed by atoms with E-state index < -0.39 is 11.7 Å². The molecule has 198 valence electrons. The summed E-state index contributed by atoms with van der Waals surface area (Å²) in [5, 5.41) is 4.04. The number of hydrogen-bond donors (Lipinski definition) is 2. The number of primary amides is 1. The predicted octanol–water partition coefficient (Wildman–Crippen LogP) is 6.63. The molecule has 3 N–H and O–H groups in total. The van der Waals surface area contributed by atoms with Crippen molar-refractivity contribution in [2.45, 2.75) is 85.8 Å². The third-order valence-electron chi connectivity index (χ3n) is 6.12. The van der Waals surface area contributed by atoms with E-state index in [9.17, 15) is 9.59 Å². The van der Waals surface area contributed by atoms with Crippen LogP contribution >= 0.6 is 0 Å². The van der Waals surface area contributed by atoms with E-state index in [0.717, 1.165) is 59.0 Å². The zero-order valence-corrected chi connectivity index (χ0v) is 23.1. The highest BCUT2D eigenvalue weighted by Crippen LogP contribution is 2.35. The lowest BCUT2D eigenvalue weighted by atomic mass is 9.90. The Morgan fingerprint density at radius 2 is 1.76 bits per heavy atom. The van der Waals surface area contributed by atoms with E-state index in [1.165, 1.54) is 11.1 Å². The van der Waals surface area contributed by atoms with Gasteiger partial charge >= 0.3 is 6.09 Å². The molecule has 0 radical (unpaired) electrons. The first-order valence-corrected chi connectivity index (χ1v) is 13.2. The molecule has 3 aromatic rings. The van der Waals surface area contributed by atoms with E-state index in [0.29, 0.717) is 18.9 Å². The normalized spacial score (nSPS) is 11.6. The molecule has 2 amide bonds. The van der Waals surface area contributed by atoms with Crippen LogP contribution in [0.25, 0.3) is 22.0 Å². The second-order valence-corrected chi connectivity index (χ2v) is 11.3. The average Bonchev–Trinajstić information content (AvgIpc) is 2.79. The molecule has 0 fully saturated rings. The van der Waals surface area contributed by atoms with Gasteiger partial charge in [-0.15, -0.1) is 0 Å². The van der Waals surface area contributed by atoms with Gasteiger partial charge in [0.25, 0.3) is 0 Å². The Balaban J connectivity index is 2.11. The zero-order chi connectivity index (χ0) is 27.2. The van der Waals surface area contributed by atoms with E-state index in [2.05, 4.69) is 68.6 Å². The number of amides is 2. The van der Waals surface area contributed by atoms with E-state index >= 15 is 0 Å². The molecule has 0 atom stereocenters. The lowest BCUT2D eigenvalue weighted by Gasteiger charge is -2.22. The molecular formula is C31H41N3O3. The summed E-state index contributed by atoms with van der Waals surface area (Å²) in [5.74, 6) is 0.143. The number of alkyl carbamates (subject to hydrolysis) is 1. The van der Waals surface area contributed by atoms with Crippen LogP contribution in [-0.2, 0) is 28.9 Å². The molecule has 0 saturated heterocycles. The molecule has 0 aliphatic heterocycles. The number of nitrogens with one attached hydrogen (secondary N) is 1. The van der Waals surface area contributed by atoms with Crippen molar-refractivity contribution < 1.29 is 14.3 Å². The number of rotatable bonds is 10. The number of carbonyl (C=O) groups excluding carboxylic acids is 2. The summed E-state index contributed by atoms with van der Waals surface area (Å²) in [7, 11) is 0. The fourth-order valence-electron chi connectivity index (χ4n) is 4.46. The van der Waals surface area contributed by atoms with Gasteiger partial charge in [-0.2, -0.15) is 0 Å². The summed E-state index contributed by atoms with van der Waals surface area (Å²) < 4.78 is 5.52. The molecule has 0 unspecified atom stereocenters. The number of carbonyl (C=O) groups is 2. The number of benzene rings is 2. The highest BCUT2D eigenvalue weighted by molar-refractivity contribution is 5.97. The largest absolute Gasteiger partial charge is 0.444 e. The first-order valence-electron chi connectivity index (χ1n) is 13.2. The van der Waals surface area contributed by atoms with Crippen LogP contribution in [0.3, 0.4) is 0 Å². The monoisotopic (exact) mass is 503 g/mol. The maximum atomic E-state index is 12.6. The van der Waals surface area contributed by atoms with Crippen molar-refractivity contribution in [3.05, 3.63) is 64.8 Å². The SMILES string of the molecule is Cc1ccc(-c2c(CNC(=O)OC(C)(C)C)c(CC(C)C)nc3ccc(CCCCC(N)=O)cc23)cc1. The molecular weight excluding hydrogens is 462 g/mol. The topological polar surface area (TPSA) is 94.3 Å². The molecule has 1 aromatic heterocycles. The number of aryl methyl sites for hydroxylation is 2. The molecule has 37 heavy (non-hydrogen) atoms. The highest BCUT2D eigenvalue weighted by atomic mass is 16.6. The van der Waals surface area contributed by atoms with Gasteiger partial charge in [0.1, 0.15) is 5.60 Å². The van der Waals surface area contributed by atoms with Gasteiger partial charge in [0, 0.05) is 29.6 Å². The van der Waals surface area contributed by atoms with Crippen molar-refractivity contribution in [2.24, 2.45) is 11.7 Å². The smallest absolute Gasteiger partial charge is 0.407 e. The zero-order valence-electron chi connectivity index (χ0n) is 23.1. The molecule has 3 rings (SSSR count). The molecule has 6 heteroatoms. The number of pyridine rings is 1. The molecule has 0 aliphatic carbocycles. The Kier molecular flexibility index (Phi) is 9.30. The average molecular weight is 504 g/mol.